The summed E-state index contributed by atoms with van der Waals surface area (Å²) in [7, 11) is 1.58. The lowest BCUT2D eigenvalue weighted by atomic mass is 9.94. The van der Waals surface area contributed by atoms with Crippen molar-refractivity contribution in [2.45, 2.75) is 39.7 Å². The van der Waals surface area contributed by atoms with Crippen molar-refractivity contribution in [2.75, 3.05) is 13.7 Å². The van der Waals surface area contributed by atoms with E-state index in [0.29, 0.717) is 29.9 Å². The van der Waals surface area contributed by atoms with Crippen molar-refractivity contribution < 1.29 is 28.9 Å². The fourth-order valence-corrected chi connectivity index (χ4v) is 2.99. The third-order valence-electron chi connectivity index (χ3n) is 4.36. The van der Waals surface area contributed by atoms with Crippen LogP contribution in [-0.4, -0.2) is 30.8 Å². The van der Waals surface area contributed by atoms with Crippen LogP contribution in [0.15, 0.2) is 24.3 Å². The van der Waals surface area contributed by atoms with E-state index in [2.05, 4.69) is 6.58 Å². The number of fused-ring (bicyclic) bond motifs is 1. The molecule has 0 unspecified atom stereocenters. The molecule has 1 aromatic carbocycles. The number of carbonyl (C=O) groups excluding carboxylic acids is 1. The number of methoxy groups -OCH3 is 1. The number of rotatable bonds is 9. The molecule has 0 radical (unpaired) electrons. The van der Waals surface area contributed by atoms with Gasteiger partial charge in [-0.3, -0.25) is 4.79 Å². The number of cyclic esters (lactones) is 1. The van der Waals surface area contributed by atoms with Gasteiger partial charge in [0, 0.05) is 17.5 Å². The van der Waals surface area contributed by atoms with Gasteiger partial charge in [0.15, 0.2) is 0 Å². The molecule has 1 heterocycles. The van der Waals surface area contributed by atoms with E-state index >= 15 is 0 Å². The van der Waals surface area contributed by atoms with Crippen LogP contribution < -0.4 is 9.47 Å². The van der Waals surface area contributed by atoms with Crippen molar-refractivity contribution in [1.82, 2.24) is 0 Å². The molecule has 1 aliphatic heterocycles. The van der Waals surface area contributed by atoms with Crippen molar-refractivity contribution in [3.63, 3.8) is 0 Å². The molecule has 0 fully saturated rings. The van der Waals surface area contributed by atoms with Gasteiger partial charge in [0.05, 0.1) is 7.11 Å². The summed E-state index contributed by atoms with van der Waals surface area (Å²) < 4.78 is 16.6. The van der Waals surface area contributed by atoms with Gasteiger partial charge in [-0.15, -0.1) is 0 Å². The van der Waals surface area contributed by atoms with Gasteiger partial charge >= 0.3 is 11.9 Å². The zero-order chi connectivity index (χ0) is 19.3. The number of benzene rings is 1. The Hall–Kier alpha value is -2.76. The first kappa shape index (κ1) is 19.6. The van der Waals surface area contributed by atoms with Gasteiger partial charge in [0.25, 0.3) is 0 Å². The van der Waals surface area contributed by atoms with E-state index in [1.807, 2.05) is 19.9 Å². The third kappa shape index (κ3) is 4.07. The maximum absolute atomic E-state index is 12.2. The molecular formula is C20H24O6. The summed E-state index contributed by atoms with van der Waals surface area (Å²) in [6, 6.07) is 0. The number of ether oxygens (including phenoxy) is 3. The Morgan fingerprint density at radius 2 is 2.08 bits per heavy atom. The van der Waals surface area contributed by atoms with Crippen LogP contribution in [-0.2, 0) is 22.6 Å². The normalized spacial score (nSPS) is 13.2. The number of carboxylic acid groups (broad SMARTS) is 1. The Balaban J connectivity index is 2.48. The molecule has 0 aromatic heterocycles. The van der Waals surface area contributed by atoms with E-state index in [0.717, 1.165) is 22.3 Å². The van der Waals surface area contributed by atoms with Gasteiger partial charge in [-0.1, -0.05) is 24.3 Å². The minimum atomic E-state index is -0.832. The quantitative estimate of drug-likeness (QED) is 0.535. The highest BCUT2D eigenvalue weighted by atomic mass is 16.5. The summed E-state index contributed by atoms with van der Waals surface area (Å²) in [6.07, 6.45) is 4.55. The number of hydrogen-bond acceptors (Lipinski definition) is 5. The van der Waals surface area contributed by atoms with E-state index in [-0.39, 0.29) is 19.6 Å². The summed E-state index contributed by atoms with van der Waals surface area (Å²) in [5.41, 5.74) is 3.77. The molecular weight excluding hydrogens is 336 g/mol. The van der Waals surface area contributed by atoms with E-state index in [1.165, 1.54) is 0 Å². The summed E-state index contributed by atoms with van der Waals surface area (Å²) in [5, 5.41) is 8.81. The first-order valence-corrected chi connectivity index (χ1v) is 8.41. The molecule has 2 rings (SSSR count). The molecule has 0 amide bonds. The van der Waals surface area contributed by atoms with E-state index in [4.69, 9.17) is 19.3 Å². The SMILES string of the molecule is C=CCOc1c(CC=C(C)CCC(=O)O)c(OC)c(C)c2c1C(=O)OC2. The van der Waals surface area contributed by atoms with E-state index < -0.39 is 11.9 Å². The molecule has 1 aliphatic rings. The maximum atomic E-state index is 12.2. The zero-order valence-corrected chi connectivity index (χ0v) is 15.4. The van der Waals surface area contributed by atoms with Crippen LogP contribution in [0.3, 0.4) is 0 Å². The van der Waals surface area contributed by atoms with E-state index in [9.17, 15) is 9.59 Å². The van der Waals surface area contributed by atoms with Crippen LogP contribution >= 0.6 is 0 Å². The second-order valence-corrected chi connectivity index (χ2v) is 6.14. The summed E-state index contributed by atoms with van der Waals surface area (Å²) in [5.74, 6) is -0.130. The van der Waals surface area contributed by atoms with Gasteiger partial charge in [-0.25, -0.2) is 4.79 Å². The number of carbonyl (C=O) groups is 2. The Morgan fingerprint density at radius 1 is 1.35 bits per heavy atom. The summed E-state index contributed by atoms with van der Waals surface area (Å²) in [4.78, 5) is 23.0. The maximum Gasteiger partial charge on any atom is 0.342 e. The lowest BCUT2D eigenvalue weighted by molar-refractivity contribution is -0.136. The lowest BCUT2D eigenvalue weighted by Crippen LogP contribution is -2.08. The standard InChI is InChI=1S/C20H24O6/c1-5-10-25-19-14(8-6-12(2)7-9-16(21)22)18(24-4)13(3)15-11-26-20(23)17(15)19/h5-6H,1,7-11H2,2-4H3,(H,21,22). The first-order valence-electron chi connectivity index (χ1n) is 8.41. The molecule has 0 bridgehead atoms. The smallest absolute Gasteiger partial charge is 0.342 e. The number of hydrogen-bond donors (Lipinski definition) is 1. The summed E-state index contributed by atoms with van der Waals surface area (Å²) in [6.45, 7) is 7.88. The fourth-order valence-electron chi connectivity index (χ4n) is 2.99. The van der Waals surface area contributed by atoms with Crippen LogP contribution in [0.25, 0.3) is 0 Å². The molecule has 0 spiro atoms. The van der Waals surface area contributed by atoms with Gasteiger partial charge in [0.1, 0.15) is 30.3 Å². The van der Waals surface area contributed by atoms with E-state index in [1.54, 1.807) is 13.2 Å². The number of carboxylic acids is 1. The van der Waals surface area contributed by atoms with Crippen molar-refractivity contribution >= 4 is 11.9 Å². The minimum Gasteiger partial charge on any atom is -0.496 e. The molecule has 0 aliphatic carbocycles. The highest BCUT2D eigenvalue weighted by Gasteiger charge is 2.32. The number of esters is 1. The Labute approximate surface area is 153 Å². The second-order valence-electron chi connectivity index (χ2n) is 6.14. The highest BCUT2D eigenvalue weighted by molar-refractivity contribution is 5.98. The Morgan fingerprint density at radius 3 is 2.69 bits per heavy atom. The average molecular weight is 360 g/mol. The van der Waals surface area contributed by atoms with Gasteiger partial charge < -0.3 is 19.3 Å². The third-order valence-corrected chi connectivity index (χ3v) is 4.36. The molecule has 0 saturated carbocycles. The van der Waals surface area contributed by atoms with Crippen LogP contribution in [0.4, 0.5) is 0 Å². The molecule has 26 heavy (non-hydrogen) atoms. The van der Waals surface area contributed by atoms with Gasteiger partial charge in [-0.05, 0) is 32.3 Å². The van der Waals surface area contributed by atoms with Crippen molar-refractivity contribution in [3.05, 3.63) is 46.6 Å². The summed E-state index contributed by atoms with van der Waals surface area (Å²) >= 11 is 0. The fraction of sp³-hybridized carbons (Fsp3) is 0.400. The largest absolute Gasteiger partial charge is 0.496 e. The average Bonchev–Trinajstić information content (AvgIpc) is 2.99. The van der Waals surface area contributed by atoms with Crippen LogP contribution in [0.2, 0.25) is 0 Å². The molecule has 1 N–H and O–H groups in total. The topological polar surface area (TPSA) is 82.1 Å². The minimum absolute atomic E-state index is 0.0782. The van der Waals surface area contributed by atoms with Crippen molar-refractivity contribution in [1.29, 1.82) is 0 Å². The zero-order valence-electron chi connectivity index (χ0n) is 15.4. The molecule has 1 aromatic rings. The predicted octanol–water partition coefficient (Wildman–Crippen LogP) is 3.59. The van der Waals surface area contributed by atoms with Crippen LogP contribution in [0.5, 0.6) is 11.5 Å². The van der Waals surface area contributed by atoms with Gasteiger partial charge in [-0.2, -0.15) is 0 Å². The van der Waals surface area contributed by atoms with Crippen LogP contribution in [0.1, 0.15) is 46.8 Å². The monoisotopic (exact) mass is 360 g/mol. The molecule has 6 heteroatoms. The van der Waals surface area contributed by atoms with Gasteiger partial charge in [0.2, 0.25) is 0 Å². The Kier molecular flexibility index (Phi) is 6.44. The molecule has 0 saturated heterocycles. The molecule has 140 valence electrons. The number of allylic oxidation sites excluding steroid dienone is 2. The first-order chi connectivity index (χ1) is 12.4. The Bertz CT molecular complexity index is 760. The lowest BCUT2D eigenvalue weighted by Gasteiger charge is -2.19. The predicted molar refractivity (Wildman–Crippen MR) is 96.9 cm³/mol. The molecule has 0 atom stereocenters. The van der Waals surface area contributed by atoms with Crippen molar-refractivity contribution in [3.8, 4) is 11.5 Å². The molecule has 6 nitrogen and oxygen atoms in total. The second kappa shape index (κ2) is 8.56. The van der Waals surface area contributed by atoms with Crippen molar-refractivity contribution in [2.24, 2.45) is 0 Å². The highest BCUT2D eigenvalue weighted by Crippen LogP contribution is 2.42. The number of aliphatic carboxylic acids is 1. The van der Waals surface area contributed by atoms with Crippen LogP contribution in [0, 0.1) is 6.92 Å².